The van der Waals surface area contributed by atoms with Crippen molar-refractivity contribution in [2.24, 2.45) is 5.73 Å². The van der Waals surface area contributed by atoms with Crippen LogP contribution in [0.4, 0.5) is 8.78 Å². The van der Waals surface area contributed by atoms with Gasteiger partial charge in [0.05, 0.1) is 17.9 Å². The molecule has 0 unspecified atom stereocenters. The molecule has 0 saturated heterocycles. The van der Waals surface area contributed by atoms with Gasteiger partial charge in [0.1, 0.15) is 0 Å². The number of rotatable bonds is 4. The topological polar surface area (TPSA) is 65.2 Å². The van der Waals surface area contributed by atoms with Crippen LogP contribution in [0.1, 0.15) is 40.7 Å². The quantitative estimate of drug-likeness (QED) is 0.822. The molecule has 17 heavy (non-hydrogen) atoms. The molecular weight excluding hydrogens is 230 g/mol. The number of pyridine rings is 1. The molecule has 1 aromatic heterocycles. The molecule has 0 radical (unpaired) electrons. The van der Waals surface area contributed by atoms with Crippen molar-refractivity contribution in [2.75, 3.05) is 6.61 Å². The number of aryl methyl sites for hydroxylation is 1. The molecule has 0 fully saturated rings. The van der Waals surface area contributed by atoms with Crippen LogP contribution >= 0.6 is 0 Å². The van der Waals surface area contributed by atoms with Gasteiger partial charge < -0.3 is 10.5 Å². The van der Waals surface area contributed by atoms with Gasteiger partial charge in [0.15, 0.2) is 5.69 Å². The molecule has 0 aliphatic heterocycles. The molecule has 2 N–H and O–H groups in total. The summed E-state index contributed by atoms with van der Waals surface area (Å²) < 4.78 is 30.4. The number of aromatic nitrogens is 1. The lowest BCUT2D eigenvalue weighted by atomic mass is 10.1. The molecule has 0 spiro atoms. The normalized spacial score (nSPS) is 10.7. The molecule has 0 aliphatic carbocycles. The van der Waals surface area contributed by atoms with E-state index in [0.29, 0.717) is 11.3 Å². The fraction of sp³-hybridized carbons (Fsp3) is 0.455. The van der Waals surface area contributed by atoms with Crippen LogP contribution in [0.25, 0.3) is 0 Å². The third kappa shape index (κ3) is 2.97. The summed E-state index contributed by atoms with van der Waals surface area (Å²) in [5.41, 5.74) is 5.33. The van der Waals surface area contributed by atoms with Crippen LogP contribution < -0.4 is 5.73 Å². The van der Waals surface area contributed by atoms with Crippen molar-refractivity contribution < 1.29 is 18.3 Å². The maximum absolute atomic E-state index is 12.8. The Labute approximate surface area is 97.8 Å². The van der Waals surface area contributed by atoms with Crippen LogP contribution in [-0.4, -0.2) is 17.6 Å². The highest BCUT2D eigenvalue weighted by molar-refractivity contribution is 5.89. The Morgan fingerprint density at radius 1 is 1.59 bits per heavy atom. The van der Waals surface area contributed by atoms with E-state index in [2.05, 4.69) is 4.98 Å². The number of esters is 1. The van der Waals surface area contributed by atoms with E-state index >= 15 is 0 Å². The van der Waals surface area contributed by atoms with Gasteiger partial charge in [-0.3, -0.25) is 0 Å². The number of carbonyl (C=O) groups excluding carboxylic acids is 1. The molecule has 0 amide bonds. The minimum Gasteiger partial charge on any atom is -0.461 e. The van der Waals surface area contributed by atoms with Crippen molar-refractivity contribution in [3.63, 3.8) is 0 Å². The third-order valence-corrected chi connectivity index (χ3v) is 2.21. The molecule has 1 rings (SSSR count). The van der Waals surface area contributed by atoms with Gasteiger partial charge in [-0.1, -0.05) is 0 Å². The summed E-state index contributed by atoms with van der Waals surface area (Å²) in [5.74, 6) is -0.846. The summed E-state index contributed by atoms with van der Waals surface area (Å²) in [6, 6.07) is 1.45. The van der Waals surface area contributed by atoms with E-state index in [9.17, 15) is 13.6 Å². The second-order valence-corrected chi connectivity index (χ2v) is 3.42. The first-order valence-corrected chi connectivity index (χ1v) is 5.17. The second-order valence-electron chi connectivity index (χ2n) is 3.42. The number of ether oxygens (including phenoxy) is 1. The highest BCUT2D eigenvalue weighted by atomic mass is 19.3. The fourth-order valence-corrected chi connectivity index (χ4v) is 1.49. The number of nitrogens with two attached hydrogens (primary N) is 1. The van der Waals surface area contributed by atoms with Crippen molar-refractivity contribution in [1.82, 2.24) is 4.98 Å². The number of nitrogens with zero attached hydrogens (tertiary/aromatic N) is 1. The van der Waals surface area contributed by atoms with Crippen LogP contribution in [0, 0.1) is 6.92 Å². The summed E-state index contributed by atoms with van der Waals surface area (Å²) in [4.78, 5) is 15.3. The minimum atomic E-state index is -2.77. The van der Waals surface area contributed by atoms with Crippen LogP contribution in [0.3, 0.4) is 0 Å². The molecule has 1 aromatic rings. The highest BCUT2D eigenvalue weighted by Gasteiger charge is 2.24. The Balaban J connectivity index is 3.32. The summed E-state index contributed by atoms with van der Waals surface area (Å²) >= 11 is 0. The standard InChI is InChI=1S/C11H14F2N2O2/c1-3-17-11(16)9-8(10(12)13)6(2)4-7(5-14)15-9/h4,10H,3,5,14H2,1-2H3. The Kier molecular flexibility index (Phi) is 4.51. The SMILES string of the molecule is CCOC(=O)c1nc(CN)cc(C)c1C(F)F. The monoisotopic (exact) mass is 244 g/mol. The van der Waals surface area contributed by atoms with E-state index < -0.39 is 12.4 Å². The zero-order chi connectivity index (χ0) is 13.0. The second kappa shape index (κ2) is 5.67. The van der Waals surface area contributed by atoms with Crippen molar-refractivity contribution in [3.8, 4) is 0 Å². The van der Waals surface area contributed by atoms with Crippen molar-refractivity contribution >= 4 is 5.97 Å². The van der Waals surface area contributed by atoms with Crippen LogP contribution in [0.2, 0.25) is 0 Å². The molecular formula is C11H14F2N2O2. The average molecular weight is 244 g/mol. The molecule has 0 saturated carbocycles. The Bertz CT molecular complexity index is 422. The highest BCUT2D eigenvalue weighted by Crippen LogP contribution is 2.26. The third-order valence-electron chi connectivity index (χ3n) is 2.21. The van der Waals surface area contributed by atoms with Crippen molar-refractivity contribution in [2.45, 2.75) is 26.8 Å². The largest absolute Gasteiger partial charge is 0.461 e. The molecule has 0 aromatic carbocycles. The number of alkyl halides is 2. The van der Waals surface area contributed by atoms with Crippen LogP contribution in [0.5, 0.6) is 0 Å². The van der Waals surface area contributed by atoms with E-state index in [4.69, 9.17) is 10.5 Å². The lowest BCUT2D eigenvalue weighted by molar-refractivity contribution is 0.0507. The predicted molar refractivity (Wildman–Crippen MR) is 57.8 cm³/mol. The lowest BCUT2D eigenvalue weighted by Gasteiger charge is -2.12. The minimum absolute atomic E-state index is 0.0801. The van der Waals surface area contributed by atoms with Gasteiger partial charge in [0, 0.05) is 6.54 Å². The van der Waals surface area contributed by atoms with E-state index in [0.717, 1.165) is 0 Å². The van der Waals surface area contributed by atoms with E-state index in [1.165, 1.54) is 13.0 Å². The van der Waals surface area contributed by atoms with Gasteiger partial charge in [-0.25, -0.2) is 18.6 Å². The van der Waals surface area contributed by atoms with Crippen molar-refractivity contribution in [1.29, 1.82) is 0 Å². The Hall–Kier alpha value is -1.56. The summed E-state index contributed by atoms with van der Waals surface area (Å²) in [6.45, 7) is 3.27. The van der Waals surface area contributed by atoms with E-state index in [1.807, 2.05) is 0 Å². The van der Waals surface area contributed by atoms with Gasteiger partial charge in [0.2, 0.25) is 0 Å². The average Bonchev–Trinajstić information content (AvgIpc) is 2.27. The fourth-order valence-electron chi connectivity index (χ4n) is 1.49. The van der Waals surface area contributed by atoms with E-state index in [-0.39, 0.29) is 24.4 Å². The first-order valence-electron chi connectivity index (χ1n) is 5.17. The summed E-state index contributed by atoms with van der Waals surface area (Å²) in [7, 11) is 0. The molecule has 1 heterocycles. The smallest absolute Gasteiger partial charge is 0.357 e. The Morgan fingerprint density at radius 3 is 2.71 bits per heavy atom. The van der Waals surface area contributed by atoms with E-state index in [1.54, 1.807) is 6.92 Å². The summed E-state index contributed by atoms with van der Waals surface area (Å²) in [6.07, 6.45) is -2.77. The van der Waals surface area contributed by atoms with Crippen LogP contribution in [0.15, 0.2) is 6.07 Å². The van der Waals surface area contributed by atoms with Gasteiger partial charge in [-0.05, 0) is 25.5 Å². The molecule has 0 bridgehead atoms. The Morgan fingerprint density at radius 2 is 2.24 bits per heavy atom. The maximum atomic E-state index is 12.8. The first kappa shape index (κ1) is 13.5. The van der Waals surface area contributed by atoms with Gasteiger partial charge in [-0.2, -0.15) is 0 Å². The first-order chi connectivity index (χ1) is 8.01. The van der Waals surface area contributed by atoms with Gasteiger partial charge >= 0.3 is 5.97 Å². The molecule has 0 atom stereocenters. The number of hydrogen-bond donors (Lipinski definition) is 1. The maximum Gasteiger partial charge on any atom is 0.357 e. The summed E-state index contributed by atoms with van der Waals surface area (Å²) in [5, 5.41) is 0. The van der Waals surface area contributed by atoms with Crippen LogP contribution in [-0.2, 0) is 11.3 Å². The molecule has 94 valence electrons. The lowest BCUT2D eigenvalue weighted by Crippen LogP contribution is -2.15. The van der Waals surface area contributed by atoms with Crippen molar-refractivity contribution in [3.05, 3.63) is 28.6 Å². The molecule has 6 heteroatoms. The predicted octanol–water partition coefficient (Wildman–Crippen LogP) is 1.96. The zero-order valence-corrected chi connectivity index (χ0v) is 9.67. The number of carbonyl (C=O) groups is 1. The van der Waals surface area contributed by atoms with Gasteiger partial charge in [-0.15, -0.1) is 0 Å². The van der Waals surface area contributed by atoms with Gasteiger partial charge in [0.25, 0.3) is 6.43 Å². The number of hydrogen-bond acceptors (Lipinski definition) is 4. The molecule has 4 nitrogen and oxygen atoms in total. The number of halogens is 2. The zero-order valence-electron chi connectivity index (χ0n) is 9.67. The molecule has 0 aliphatic rings.